The number of piperazine rings is 1. The second-order valence-electron chi connectivity index (χ2n) is 6.06. The Morgan fingerprint density at radius 3 is 2.35 bits per heavy atom. The van der Waals surface area contributed by atoms with Crippen molar-refractivity contribution in [1.29, 1.82) is 0 Å². The molecule has 0 unspecified atom stereocenters. The van der Waals surface area contributed by atoms with E-state index in [1.54, 1.807) is 27.7 Å². The molecule has 1 aliphatic rings. The van der Waals surface area contributed by atoms with E-state index in [0.29, 0.717) is 17.2 Å². The number of rotatable bonds is 7. The van der Waals surface area contributed by atoms with Crippen LogP contribution in [0.4, 0.5) is 5.82 Å². The van der Waals surface area contributed by atoms with Gasteiger partial charge in [-0.15, -0.1) is 0 Å². The Hall–Kier alpha value is -1.93. The zero-order chi connectivity index (χ0) is 18.5. The molecule has 0 N–H and O–H groups in total. The lowest BCUT2D eigenvalue weighted by Gasteiger charge is -2.35. The van der Waals surface area contributed by atoms with E-state index in [4.69, 9.17) is 14.2 Å². The van der Waals surface area contributed by atoms with Gasteiger partial charge in [0.05, 0.1) is 26.7 Å². The minimum Gasteiger partial charge on any atom is -0.493 e. The van der Waals surface area contributed by atoms with Crippen molar-refractivity contribution >= 4 is 28.5 Å². The number of anilines is 1. The van der Waals surface area contributed by atoms with Gasteiger partial charge in [-0.25, -0.2) is 9.97 Å². The van der Waals surface area contributed by atoms with Crippen LogP contribution >= 0.6 is 11.8 Å². The van der Waals surface area contributed by atoms with E-state index >= 15 is 0 Å². The molecule has 1 aromatic carbocycles. The molecule has 0 amide bonds. The number of ether oxygens (including phenoxy) is 3. The number of benzene rings is 1. The molecule has 0 aliphatic carbocycles. The first-order valence-electron chi connectivity index (χ1n) is 8.63. The van der Waals surface area contributed by atoms with Crippen LogP contribution in [-0.4, -0.2) is 80.9 Å². The van der Waals surface area contributed by atoms with Gasteiger partial charge >= 0.3 is 0 Å². The lowest BCUT2D eigenvalue weighted by molar-refractivity contribution is 0.273. The monoisotopic (exact) mass is 378 g/mol. The van der Waals surface area contributed by atoms with Crippen molar-refractivity contribution in [2.24, 2.45) is 0 Å². The molecular weight excluding hydrogens is 352 g/mol. The van der Waals surface area contributed by atoms with E-state index in [1.165, 1.54) is 5.75 Å². The van der Waals surface area contributed by atoms with Crippen LogP contribution in [0.2, 0.25) is 0 Å². The van der Waals surface area contributed by atoms with Crippen LogP contribution < -0.4 is 19.1 Å². The lowest BCUT2D eigenvalue weighted by atomic mass is 10.1. The average molecular weight is 378 g/mol. The number of nitrogens with zero attached hydrogens (tertiary/aromatic N) is 4. The molecular formula is C18H26N4O3S. The Kier molecular flexibility index (Phi) is 6.26. The van der Waals surface area contributed by atoms with Crippen LogP contribution in [0, 0.1) is 0 Å². The van der Waals surface area contributed by atoms with Crippen molar-refractivity contribution in [2.75, 3.05) is 71.0 Å². The summed E-state index contributed by atoms with van der Waals surface area (Å²) in [6.07, 6.45) is 3.74. The van der Waals surface area contributed by atoms with Crippen molar-refractivity contribution in [3.8, 4) is 17.2 Å². The molecule has 2 aromatic rings. The highest BCUT2D eigenvalue weighted by Gasteiger charge is 2.23. The minimum absolute atomic E-state index is 0.550. The summed E-state index contributed by atoms with van der Waals surface area (Å²) >= 11 is 1.89. The van der Waals surface area contributed by atoms with Gasteiger partial charge in [0, 0.05) is 38.5 Å². The van der Waals surface area contributed by atoms with Gasteiger partial charge in [-0.2, -0.15) is 11.8 Å². The molecule has 1 saturated heterocycles. The number of hydrogen-bond acceptors (Lipinski definition) is 8. The molecule has 3 rings (SSSR count). The summed E-state index contributed by atoms with van der Waals surface area (Å²) < 4.78 is 16.5. The number of hydrogen-bond donors (Lipinski definition) is 0. The predicted octanol–water partition coefficient (Wildman–Crippen LogP) is 2.14. The number of thioether (sulfide) groups is 1. The van der Waals surface area contributed by atoms with E-state index in [9.17, 15) is 0 Å². The van der Waals surface area contributed by atoms with Crippen LogP contribution in [0.3, 0.4) is 0 Å². The topological polar surface area (TPSA) is 60.0 Å². The lowest BCUT2D eigenvalue weighted by Crippen LogP contribution is -2.47. The highest BCUT2D eigenvalue weighted by atomic mass is 32.2. The average Bonchev–Trinajstić information content (AvgIpc) is 2.70. The van der Waals surface area contributed by atoms with Gasteiger partial charge in [-0.3, -0.25) is 4.90 Å². The Labute approximate surface area is 158 Å². The normalized spacial score (nSPS) is 15.3. The molecule has 0 spiro atoms. The van der Waals surface area contributed by atoms with Crippen molar-refractivity contribution < 1.29 is 14.2 Å². The van der Waals surface area contributed by atoms with Crippen molar-refractivity contribution in [2.45, 2.75) is 0 Å². The van der Waals surface area contributed by atoms with Gasteiger partial charge in [-0.1, -0.05) is 0 Å². The summed E-state index contributed by atoms with van der Waals surface area (Å²) in [6.45, 7) is 5.10. The standard InChI is InChI=1S/C18H26N4O3S/c1-23-14-11-13-15(17(25-3)16(14)24-2)19-12-20-18(13)22-7-5-21(6-8-22)9-10-26-4/h11-12H,5-10H2,1-4H3. The van der Waals surface area contributed by atoms with Crippen LogP contribution in [0.5, 0.6) is 17.2 Å². The van der Waals surface area contributed by atoms with Crippen LogP contribution in [-0.2, 0) is 0 Å². The maximum atomic E-state index is 5.57. The molecule has 8 heteroatoms. The van der Waals surface area contributed by atoms with E-state index in [2.05, 4.69) is 26.0 Å². The SMILES string of the molecule is COc1cc2c(N3CCN(CCSC)CC3)ncnc2c(OC)c1OC. The maximum absolute atomic E-state index is 5.57. The van der Waals surface area contributed by atoms with Gasteiger partial charge in [0.25, 0.3) is 0 Å². The molecule has 0 atom stereocenters. The Morgan fingerprint density at radius 1 is 1.00 bits per heavy atom. The minimum atomic E-state index is 0.550. The largest absolute Gasteiger partial charge is 0.493 e. The second kappa shape index (κ2) is 8.64. The fourth-order valence-electron chi connectivity index (χ4n) is 3.31. The van der Waals surface area contributed by atoms with Gasteiger partial charge < -0.3 is 19.1 Å². The smallest absolute Gasteiger partial charge is 0.205 e. The summed E-state index contributed by atoms with van der Waals surface area (Å²) in [5.74, 6) is 3.83. The van der Waals surface area contributed by atoms with Gasteiger partial charge in [-0.05, 0) is 12.3 Å². The van der Waals surface area contributed by atoms with Crippen molar-refractivity contribution in [3.05, 3.63) is 12.4 Å². The molecule has 2 heterocycles. The zero-order valence-electron chi connectivity index (χ0n) is 15.8. The first kappa shape index (κ1) is 18.8. The van der Waals surface area contributed by atoms with Crippen LogP contribution in [0.15, 0.2) is 12.4 Å². The van der Waals surface area contributed by atoms with Gasteiger partial charge in [0.1, 0.15) is 17.7 Å². The zero-order valence-corrected chi connectivity index (χ0v) is 16.6. The second-order valence-corrected chi connectivity index (χ2v) is 7.05. The quantitative estimate of drug-likeness (QED) is 0.726. The summed E-state index contributed by atoms with van der Waals surface area (Å²) in [5, 5.41) is 0.916. The van der Waals surface area contributed by atoms with Crippen molar-refractivity contribution in [3.63, 3.8) is 0 Å². The first-order chi connectivity index (χ1) is 12.7. The summed E-state index contributed by atoms with van der Waals surface area (Å²) in [4.78, 5) is 13.8. The number of fused-ring (bicyclic) bond motifs is 1. The molecule has 7 nitrogen and oxygen atoms in total. The highest BCUT2D eigenvalue weighted by Crippen LogP contribution is 2.44. The maximum Gasteiger partial charge on any atom is 0.205 e. The third-order valence-electron chi connectivity index (χ3n) is 4.70. The van der Waals surface area contributed by atoms with Crippen LogP contribution in [0.1, 0.15) is 0 Å². The van der Waals surface area contributed by atoms with E-state index in [0.717, 1.165) is 49.4 Å². The fraction of sp³-hybridized carbons (Fsp3) is 0.556. The van der Waals surface area contributed by atoms with Gasteiger partial charge in [0.15, 0.2) is 11.5 Å². The first-order valence-corrected chi connectivity index (χ1v) is 10.0. The molecule has 0 radical (unpaired) electrons. The summed E-state index contributed by atoms with van der Waals surface area (Å²) in [7, 11) is 4.84. The van der Waals surface area contributed by atoms with Gasteiger partial charge in [0.2, 0.25) is 5.75 Å². The summed E-state index contributed by atoms with van der Waals surface area (Å²) in [5.41, 5.74) is 0.736. The van der Waals surface area contributed by atoms with Crippen molar-refractivity contribution in [1.82, 2.24) is 14.9 Å². The molecule has 1 aliphatic heterocycles. The fourth-order valence-corrected chi connectivity index (χ4v) is 3.75. The Balaban J connectivity index is 1.95. The highest BCUT2D eigenvalue weighted by molar-refractivity contribution is 7.98. The van der Waals surface area contributed by atoms with E-state index in [1.807, 2.05) is 17.8 Å². The van der Waals surface area contributed by atoms with Crippen LogP contribution in [0.25, 0.3) is 10.9 Å². The number of aromatic nitrogens is 2. The molecule has 1 aromatic heterocycles. The van der Waals surface area contributed by atoms with E-state index < -0.39 is 0 Å². The molecule has 1 fully saturated rings. The third-order valence-corrected chi connectivity index (χ3v) is 5.29. The molecule has 26 heavy (non-hydrogen) atoms. The third kappa shape index (κ3) is 3.61. The Morgan fingerprint density at radius 2 is 1.73 bits per heavy atom. The predicted molar refractivity (Wildman–Crippen MR) is 106 cm³/mol. The number of methoxy groups -OCH3 is 3. The Bertz CT molecular complexity index is 751. The van der Waals surface area contributed by atoms with E-state index in [-0.39, 0.29) is 0 Å². The molecule has 0 saturated carbocycles. The molecule has 142 valence electrons. The molecule has 0 bridgehead atoms. The summed E-state index contributed by atoms with van der Waals surface area (Å²) in [6, 6.07) is 1.94.